The first-order valence-electron chi connectivity index (χ1n) is 6.21. The van der Waals surface area contributed by atoms with Crippen molar-refractivity contribution in [1.82, 2.24) is 9.38 Å². The van der Waals surface area contributed by atoms with E-state index in [-0.39, 0.29) is 0 Å². The van der Waals surface area contributed by atoms with Gasteiger partial charge < -0.3 is 4.40 Å². The molecule has 2 heteroatoms. The molecule has 0 saturated carbocycles. The second kappa shape index (κ2) is 4.30. The highest BCUT2D eigenvalue weighted by Crippen LogP contribution is 2.14. The van der Waals surface area contributed by atoms with E-state index in [1.807, 2.05) is 0 Å². The first kappa shape index (κ1) is 11.0. The van der Waals surface area contributed by atoms with Crippen molar-refractivity contribution in [1.29, 1.82) is 0 Å². The van der Waals surface area contributed by atoms with E-state index in [0.29, 0.717) is 0 Å². The largest absolute Gasteiger partial charge is 0.307 e. The van der Waals surface area contributed by atoms with Crippen molar-refractivity contribution < 1.29 is 0 Å². The zero-order valence-corrected chi connectivity index (χ0v) is 10.7. The van der Waals surface area contributed by atoms with Crippen LogP contribution in [0.25, 0.3) is 5.65 Å². The van der Waals surface area contributed by atoms with Crippen LogP contribution >= 0.6 is 0 Å². The predicted molar refractivity (Wildman–Crippen MR) is 73.9 cm³/mol. The average Bonchev–Trinajstić information content (AvgIpc) is 2.73. The van der Waals surface area contributed by atoms with Gasteiger partial charge in [-0.1, -0.05) is 30.3 Å². The molecule has 0 radical (unpaired) electrons. The Bertz CT molecular complexity index is 695. The maximum atomic E-state index is 4.65. The molecular weight excluding hydrogens is 220 g/mol. The normalized spacial score (nSPS) is 11.0. The van der Waals surface area contributed by atoms with E-state index in [4.69, 9.17) is 0 Å². The molecule has 0 amide bonds. The molecule has 0 unspecified atom stereocenters. The lowest BCUT2D eigenvalue weighted by molar-refractivity contribution is 1.09. The van der Waals surface area contributed by atoms with E-state index in [9.17, 15) is 0 Å². The Hall–Kier alpha value is -2.09. The van der Waals surface area contributed by atoms with Crippen LogP contribution in [0.4, 0.5) is 0 Å². The molecule has 0 spiro atoms. The van der Waals surface area contributed by atoms with Gasteiger partial charge in [0.15, 0.2) is 0 Å². The van der Waals surface area contributed by atoms with Gasteiger partial charge in [-0.25, -0.2) is 4.98 Å². The van der Waals surface area contributed by atoms with Gasteiger partial charge in [-0.15, -0.1) is 0 Å². The highest BCUT2D eigenvalue weighted by Gasteiger charge is 2.04. The Morgan fingerprint density at radius 3 is 2.67 bits per heavy atom. The van der Waals surface area contributed by atoms with E-state index in [1.165, 1.54) is 16.7 Å². The SMILES string of the molecule is Cc1ccc2nc(Cc3ccccc3C)cn2c1. The summed E-state index contributed by atoms with van der Waals surface area (Å²) >= 11 is 0. The topological polar surface area (TPSA) is 17.3 Å². The quantitative estimate of drug-likeness (QED) is 0.665. The van der Waals surface area contributed by atoms with E-state index >= 15 is 0 Å². The average molecular weight is 236 g/mol. The van der Waals surface area contributed by atoms with Gasteiger partial charge in [-0.3, -0.25) is 0 Å². The molecule has 3 aromatic rings. The molecule has 2 aromatic heterocycles. The zero-order valence-electron chi connectivity index (χ0n) is 10.7. The third-order valence-corrected chi connectivity index (χ3v) is 3.28. The molecular formula is C16H16N2. The van der Waals surface area contributed by atoms with Crippen LogP contribution in [-0.2, 0) is 6.42 Å². The van der Waals surface area contributed by atoms with Crippen LogP contribution in [0.5, 0.6) is 0 Å². The second-order valence-electron chi connectivity index (χ2n) is 4.81. The summed E-state index contributed by atoms with van der Waals surface area (Å²) in [6.07, 6.45) is 5.13. The fourth-order valence-corrected chi connectivity index (χ4v) is 2.24. The van der Waals surface area contributed by atoms with Gasteiger partial charge in [-0.2, -0.15) is 0 Å². The van der Waals surface area contributed by atoms with E-state index in [1.54, 1.807) is 0 Å². The lowest BCUT2D eigenvalue weighted by Gasteiger charge is -2.01. The van der Waals surface area contributed by atoms with Gasteiger partial charge in [0.25, 0.3) is 0 Å². The van der Waals surface area contributed by atoms with Crippen molar-refractivity contribution in [2.75, 3.05) is 0 Å². The van der Waals surface area contributed by atoms with Gasteiger partial charge in [0, 0.05) is 18.8 Å². The second-order valence-corrected chi connectivity index (χ2v) is 4.81. The number of aromatic nitrogens is 2. The molecule has 90 valence electrons. The van der Waals surface area contributed by atoms with E-state index < -0.39 is 0 Å². The molecule has 0 bridgehead atoms. The molecule has 18 heavy (non-hydrogen) atoms. The van der Waals surface area contributed by atoms with Crippen molar-refractivity contribution in [3.63, 3.8) is 0 Å². The van der Waals surface area contributed by atoms with Gasteiger partial charge in [-0.05, 0) is 36.6 Å². The summed E-state index contributed by atoms with van der Waals surface area (Å²) < 4.78 is 2.10. The van der Waals surface area contributed by atoms with Gasteiger partial charge in [0.05, 0.1) is 5.69 Å². The van der Waals surface area contributed by atoms with E-state index in [2.05, 4.69) is 72.0 Å². The summed E-state index contributed by atoms with van der Waals surface area (Å²) in [7, 11) is 0. The van der Waals surface area contributed by atoms with Crippen LogP contribution in [0, 0.1) is 13.8 Å². The molecule has 0 atom stereocenters. The highest BCUT2D eigenvalue weighted by atomic mass is 15.0. The number of fused-ring (bicyclic) bond motifs is 1. The number of imidazole rings is 1. The summed E-state index contributed by atoms with van der Waals surface area (Å²) in [4.78, 5) is 4.65. The van der Waals surface area contributed by atoms with Crippen LogP contribution in [0.1, 0.15) is 22.4 Å². The molecule has 2 heterocycles. The fourth-order valence-electron chi connectivity index (χ4n) is 2.24. The van der Waals surface area contributed by atoms with Crippen molar-refractivity contribution in [2.24, 2.45) is 0 Å². The third kappa shape index (κ3) is 2.02. The summed E-state index contributed by atoms with van der Waals surface area (Å²) in [6, 6.07) is 12.6. The summed E-state index contributed by atoms with van der Waals surface area (Å²) in [5.74, 6) is 0. The zero-order chi connectivity index (χ0) is 12.5. The summed E-state index contributed by atoms with van der Waals surface area (Å²) in [5.41, 5.74) is 6.06. The number of hydrogen-bond acceptors (Lipinski definition) is 1. The van der Waals surface area contributed by atoms with Crippen LogP contribution in [0.2, 0.25) is 0 Å². The Balaban J connectivity index is 1.98. The number of aryl methyl sites for hydroxylation is 2. The first-order chi connectivity index (χ1) is 8.72. The highest BCUT2D eigenvalue weighted by molar-refractivity contribution is 5.42. The van der Waals surface area contributed by atoms with Crippen LogP contribution < -0.4 is 0 Å². The number of rotatable bonds is 2. The lowest BCUT2D eigenvalue weighted by atomic mass is 10.0. The summed E-state index contributed by atoms with van der Waals surface area (Å²) in [5, 5.41) is 0. The molecule has 0 aliphatic carbocycles. The predicted octanol–water partition coefficient (Wildman–Crippen LogP) is 3.54. The maximum absolute atomic E-state index is 4.65. The Labute approximate surface area is 107 Å². The van der Waals surface area contributed by atoms with Gasteiger partial charge in [0.1, 0.15) is 5.65 Å². The fraction of sp³-hybridized carbons (Fsp3) is 0.188. The first-order valence-corrected chi connectivity index (χ1v) is 6.21. The van der Waals surface area contributed by atoms with Crippen molar-refractivity contribution in [2.45, 2.75) is 20.3 Å². The lowest BCUT2D eigenvalue weighted by Crippen LogP contribution is -1.91. The summed E-state index contributed by atoms with van der Waals surface area (Å²) in [6.45, 7) is 4.25. The number of nitrogens with zero attached hydrogens (tertiary/aromatic N) is 2. The minimum atomic E-state index is 0.896. The van der Waals surface area contributed by atoms with Crippen molar-refractivity contribution in [3.05, 3.63) is 71.2 Å². The molecule has 0 N–H and O–H groups in total. The number of hydrogen-bond donors (Lipinski definition) is 0. The monoisotopic (exact) mass is 236 g/mol. The molecule has 1 aromatic carbocycles. The molecule has 0 fully saturated rings. The Morgan fingerprint density at radius 1 is 1.00 bits per heavy atom. The van der Waals surface area contributed by atoms with Gasteiger partial charge >= 0.3 is 0 Å². The number of pyridine rings is 1. The third-order valence-electron chi connectivity index (χ3n) is 3.28. The van der Waals surface area contributed by atoms with Crippen LogP contribution in [0.3, 0.4) is 0 Å². The van der Waals surface area contributed by atoms with Crippen molar-refractivity contribution >= 4 is 5.65 Å². The Morgan fingerprint density at radius 2 is 1.83 bits per heavy atom. The maximum Gasteiger partial charge on any atom is 0.137 e. The van der Waals surface area contributed by atoms with Crippen LogP contribution in [0.15, 0.2) is 48.8 Å². The minimum Gasteiger partial charge on any atom is -0.307 e. The number of benzene rings is 1. The Kier molecular flexibility index (Phi) is 2.63. The molecule has 0 aliphatic rings. The van der Waals surface area contributed by atoms with Crippen LogP contribution in [-0.4, -0.2) is 9.38 Å². The molecule has 0 saturated heterocycles. The van der Waals surface area contributed by atoms with Gasteiger partial charge in [0.2, 0.25) is 0 Å². The minimum absolute atomic E-state index is 0.896. The molecule has 3 rings (SSSR count). The standard InChI is InChI=1S/C16H16N2/c1-12-7-8-16-17-15(11-18(16)10-12)9-14-6-4-3-5-13(14)2/h3-8,10-11H,9H2,1-2H3. The molecule has 0 aliphatic heterocycles. The van der Waals surface area contributed by atoms with Crippen molar-refractivity contribution in [3.8, 4) is 0 Å². The smallest absolute Gasteiger partial charge is 0.137 e. The van der Waals surface area contributed by atoms with E-state index in [0.717, 1.165) is 17.8 Å². The molecule has 2 nitrogen and oxygen atoms in total.